The smallest absolute Gasteiger partial charge is 0.145 e. The Hall–Kier alpha value is -1.45. The first kappa shape index (κ1) is 14.0. The highest BCUT2D eigenvalue weighted by Gasteiger charge is 2.10. The molecule has 0 saturated heterocycles. The van der Waals surface area contributed by atoms with Crippen LogP contribution in [0.3, 0.4) is 0 Å². The van der Waals surface area contributed by atoms with Gasteiger partial charge in [-0.1, -0.05) is 29.8 Å². The summed E-state index contributed by atoms with van der Waals surface area (Å²) in [5.74, 6) is -0.360. The Morgan fingerprint density at radius 1 is 1.26 bits per heavy atom. The maximum absolute atomic E-state index is 13.7. The van der Waals surface area contributed by atoms with Crippen LogP contribution in [0.15, 0.2) is 42.7 Å². The number of nitrogens with two attached hydrogens (primary N) is 1. The third-order valence-electron chi connectivity index (χ3n) is 3.04. The fourth-order valence-electron chi connectivity index (χ4n) is 1.99. The van der Waals surface area contributed by atoms with E-state index in [1.165, 1.54) is 0 Å². The van der Waals surface area contributed by atoms with Gasteiger partial charge in [0.25, 0.3) is 0 Å². The highest BCUT2D eigenvalue weighted by atomic mass is 35.5. The number of benzene rings is 1. The van der Waals surface area contributed by atoms with Crippen molar-refractivity contribution in [2.75, 3.05) is 0 Å². The Morgan fingerprint density at radius 3 is 2.84 bits per heavy atom. The summed E-state index contributed by atoms with van der Waals surface area (Å²) in [5, 5.41) is 0.150. The Labute approximate surface area is 117 Å². The number of hydrogen-bond donors (Lipinski definition) is 1. The summed E-state index contributed by atoms with van der Waals surface area (Å²) in [5.41, 5.74) is 7.76. The number of nitrogens with zero attached hydrogens (tertiary/aromatic N) is 1. The molecule has 2 N–H and O–H groups in total. The van der Waals surface area contributed by atoms with Crippen molar-refractivity contribution in [3.05, 3.63) is 64.7 Å². The van der Waals surface area contributed by atoms with Crippen LogP contribution in [0, 0.1) is 5.82 Å². The lowest BCUT2D eigenvalue weighted by Gasteiger charge is -2.12. The van der Waals surface area contributed by atoms with Gasteiger partial charge in [0.05, 0.1) is 5.02 Å². The van der Waals surface area contributed by atoms with Gasteiger partial charge in [-0.2, -0.15) is 0 Å². The molecule has 1 heterocycles. The minimum atomic E-state index is -0.360. The number of pyridine rings is 1. The van der Waals surface area contributed by atoms with Crippen LogP contribution in [0.2, 0.25) is 5.02 Å². The number of aryl methyl sites for hydroxylation is 1. The van der Waals surface area contributed by atoms with Crippen LogP contribution in [-0.2, 0) is 12.8 Å². The molecular weight excluding hydrogens is 263 g/mol. The highest BCUT2D eigenvalue weighted by molar-refractivity contribution is 6.30. The van der Waals surface area contributed by atoms with E-state index in [1.807, 2.05) is 18.3 Å². The standard InChI is InChI=1S/C15H16ClFN2/c16-14-5-1-4-12(15(14)17)9-13(18)7-6-11-3-2-8-19-10-11/h1-5,8,10,13H,6-7,9,18H2. The van der Waals surface area contributed by atoms with E-state index < -0.39 is 0 Å². The molecule has 0 spiro atoms. The van der Waals surface area contributed by atoms with Crippen molar-refractivity contribution in [2.24, 2.45) is 5.73 Å². The number of aromatic nitrogens is 1. The number of rotatable bonds is 5. The van der Waals surface area contributed by atoms with E-state index in [9.17, 15) is 4.39 Å². The monoisotopic (exact) mass is 278 g/mol. The van der Waals surface area contributed by atoms with Gasteiger partial charge in [-0.25, -0.2) is 4.39 Å². The van der Waals surface area contributed by atoms with Gasteiger partial charge in [-0.05, 0) is 42.5 Å². The maximum atomic E-state index is 13.7. The van der Waals surface area contributed by atoms with Gasteiger partial charge >= 0.3 is 0 Å². The van der Waals surface area contributed by atoms with Gasteiger partial charge in [-0.3, -0.25) is 4.98 Å². The molecule has 1 unspecified atom stereocenters. The quantitative estimate of drug-likeness (QED) is 0.911. The van der Waals surface area contributed by atoms with Crippen LogP contribution in [0.5, 0.6) is 0 Å². The zero-order chi connectivity index (χ0) is 13.7. The Bertz CT molecular complexity index is 531. The van der Waals surface area contributed by atoms with Gasteiger partial charge in [0.15, 0.2) is 0 Å². The fourth-order valence-corrected chi connectivity index (χ4v) is 2.18. The Balaban J connectivity index is 1.91. The van der Waals surface area contributed by atoms with Crippen molar-refractivity contribution >= 4 is 11.6 Å². The minimum absolute atomic E-state index is 0.0897. The molecule has 100 valence electrons. The molecule has 1 aromatic heterocycles. The topological polar surface area (TPSA) is 38.9 Å². The minimum Gasteiger partial charge on any atom is -0.327 e. The predicted molar refractivity (Wildman–Crippen MR) is 75.6 cm³/mol. The van der Waals surface area contributed by atoms with Crippen LogP contribution in [0.1, 0.15) is 17.5 Å². The van der Waals surface area contributed by atoms with E-state index >= 15 is 0 Å². The summed E-state index contributed by atoms with van der Waals surface area (Å²) >= 11 is 5.75. The van der Waals surface area contributed by atoms with Crippen LogP contribution in [0.4, 0.5) is 4.39 Å². The second-order valence-corrected chi connectivity index (χ2v) is 4.98. The summed E-state index contributed by atoms with van der Waals surface area (Å²) in [7, 11) is 0. The van der Waals surface area contributed by atoms with E-state index in [2.05, 4.69) is 4.98 Å². The summed E-state index contributed by atoms with van der Waals surface area (Å²) in [6.45, 7) is 0. The van der Waals surface area contributed by atoms with Gasteiger partial charge in [0.1, 0.15) is 5.82 Å². The third kappa shape index (κ3) is 4.01. The van der Waals surface area contributed by atoms with E-state index in [4.69, 9.17) is 17.3 Å². The Kier molecular flexibility index (Phi) is 4.88. The summed E-state index contributed by atoms with van der Waals surface area (Å²) in [6, 6.07) is 8.84. The second-order valence-electron chi connectivity index (χ2n) is 4.58. The summed E-state index contributed by atoms with van der Waals surface area (Å²) < 4.78 is 13.7. The number of halogens is 2. The average Bonchev–Trinajstić information content (AvgIpc) is 2.43. The van der Waals surface area contributed by atoms with Crippen molar-refractivity contribution in [2.45, 2.75) is 25.3 Å². The van der Waals surface area contributed by atoms with E-state index in [0.717, 1.165) is 18.4 Å². The molecule has 0 bridgehead atoms. The molecule has 0 aliphatic carbocycles. The van der Waals surface area contributed by atoms with Crippen molar-refractivity contribution in [1.29, 1.82) is 0 Å². The van der Waals surface area contributed by atoms with Crippen molar-refractivity contribution in [1.82, 2.24) is 4.98 Å². The third-order valence-corrected chi connectivity index (χ3v) is 3.33. The molecule has 0 amide bonds. The van der Waals surface area contributed by atoms with Gasteiger partial charge in [-0.15, -0.1) is 0 Å². The van der Waals surface area contributed by atoms with Gasteiger partial charge < -0.3 is 5.73 Å². The number of hydrogen-bond acceptors (Lipinski definition) is 2. The van der Waals surface area contributed by atoms with E-state index in [0.29, 0.717) is 12.0 Å². The van der Waals surface area contributed by atoms with Crippen LogP contribution in [0.25, 0.3) is 0 Å². The normalized spacial score (nSPS) is 12.4. The molecule has 0 aliphatic rings. The molecule has 0 radical (unpaired) electrons. The zero-order valence-electron chi connectivity index (χ0n) is 10.5. The first-order valence-corrected chi connectivity index (χ1v) is 6.62. The van der Waals surface area contributed by atoms with E-state index in [1.54, 1.807) is 24.4 Å². The predicted octanol–water partition coefficient (Wildman–Crippen LogP) is 3.38. The van der Waals surface area contributed by atoms with Crippen molar-refractivity contribution < 1.29 is 4.39 Å². The van der Waals surface area contributed by atoms with E-state index in [-0.39, 0.29) is 16.9 Å². The lowest BCUT2D eigenvalue weighted by atomic mass is 10.00. The van der Waals surface area contributed by atoms with Gasteiger partial charge in [0, 0.05) is 18.4 Å². The van der Waals surface area contributed by atoms with Crippen molar-refractivity contribution in [3.63, 3.8) is 0 Å². The molecule has 0 fully saturated rings. The molecular formula is C15H16ClFN2. The largest absolute Gasteiger partial charge is 0.327 e. The molecule has 1 atom stereocenters. The molecule has 0 saturated carbocycles. The van der Waals surface area contributed by atoms with Gasteiger partial charge in [0.2, 0.25) is 0 Å². The molecule has 19 heavy (non-hydrogen) atoms. The van der Waals surface area contributed by atoms with Crippen LogP contribution >= 0.6 is 11.6 Å². The molecule has 1 aromatic carbocycles. The second kappa shape index (κ2) is 6.64. The van der Waals surface area contributed by atoms with Crippen molar-refractivity contribution in [3.8, 4) is 0 Å². The highest BCUT2D eigenvalue weighted by Crippen LogP contribution is 2.19. The molecule has 2 nitrogen and oxygen atoms in total. The zero-order valence-corrected chi connectivity index (χ0v) is 11.3. The van der Waals surface area contributed by atoms with Crippen LogP contribution < -0.4 is 5.73 Å². The SMILES string of the molecule is NC(CCc1cccnc1)Cc1cccc(Cl)c1F. The lowest BCUT2D eigenvalue weighted by Crippen LogP contribution is -2.24. The Morgan fingerprint density at radius 2 is 2.11 bits per heavy atom. The molecule has 2 aromatic rings. The maximum Gasteiger partial charge on any atom is 0.145 e. The molecule has 2 rings (SSSR count). The molecule has 0 aliphatic heterocycles. The summed E-state index contributed by atoms with van der Waals surface area (Å²) in [4.78, 5) is 4.05. The lowest BCUT2D eigenvalue weighted by molar-refractivity contribution is 0.566. The molecule has 4 heteroatoms. The summed E-state index contributed by atoms with van der Waals surface area (Å²) in [6.07, 6.45) is 5.69. The average molecular weight is 279 g/mol. The first-order chi connectivity index (χ1) is 9.16. The fraction of sp³-hybridized carbons (Fsp3) is 0.267. The van der Waals surface area contributed by atoms with Crippen LogP contribution in [-0.4, -0.2) is 11.0 Å². The first-order valence-electron chi connectivity index (χ1n) is 6.24.